The maximum atomic E-state index is 11.9. The van der Waals surface area contributed by atoms with Gasteiger partial charge in [-0.3, -0.25) is 9.48 Å². The van der Waals surface area contributed by atoms with Gasteiger partial charge in [0, 0.05) is 23.5 Å². The van der Waals surface area contributed by atoms with Gasteiger partial charge in [0.1, 0.15) is 0 Å². The minimum absolute atomic E-state index is 0.0120. The Labute approximate surface area is 117 Å². The Bertz CT molecular complexity index is 519. The summed E-state index contributed by atoms with van der Waals surface area (Å²) in [4.78, 5) is 13.2. The van der Waals surface area contributed by atoms with Crippen LogP contribution >= 0.6 is 11.3 Å². The fourth-order valence-corrected chi connectivity index (χ4v) is 2.71. The van der Waals surface area contributed by atoms with Crippen molar-refractivity contribution in [2.24, 2.45) is 5.92 Å². The summed E-state index contributed by atoms with van der Waals surface area (Å²) in [6.45, 7) is 5.26. The highest BCUT2D eigenvalue weighted by Crippen LogP contribution is 2.14. The zero-order valence-corrected chi connectivity index (χ0v) is 12.1. The van der Waals surface area contributed by atoms with Gasteiger partial charge in [0.2, 0.25) is 5.91 Å². The lowest BCUT2D eigenvalue weighted by molar-refractivity contribution is -0.124. The molecular formula is C14H19N3OS. The Kier molecular flexibility index (Phi) is 4.74. The average Bonchev–Trinajstić information content (AvgIpc) is 3.01. The van der Waals surface area contributed by atoms with Crippen LogP contribution in [-0.2, 0) is 17.8 Å². The molecule has 0 bridgehead atoms. The molecule has 0 saturated heterocycles. The van der Waals surface area contributed by atoms with Crippen molar-refractivity contribution in [3.05, 3.63) is 40.3 Å². The van der Waals surface area contributed by atoms with Crippen LogP contribution in [0.25, 0.3) is 0 Å². The van der Waals surface area contributed by atoms with Gasteiger partial charge in [0.05, 0.1) is 12.2 Å². The molecule has 0 aliphatic carbocycles. The molecule has 19 heavy (non-hydrogen) atoms. The van der Waals surface area contributed by atoms with Crippen molar-refractivity contribution in [1.29, 1.82) is 0 Å². The second-order valence-corrected chi connectivity index (χ2v) is 5.73. The lowest BCUT2D eigenvalue weighted by atomic mass is 10.1. The molecule has 2 aromatic heterocycles. The molecule has 0 aromatic carbocycles. The fourth-order valence-electron chi connectivity index (χ4n) is 1.88. The van der Waals surface area contributed by atoms with Gasteiger partial charge in [-0.1, -0.05) is 13.0 Å². The molecule has 1 N–H and O–H groups in total. The zero-order valence-electron chi connectivity index (χ0n) is 11.3. The molecule has 1 atom stereocenters. The van der Waals surface area contributed by atoms with Gasteiger partial charge < -0.3 is 5.32 Å². The van der Waals surface area contributed by atoms with Crippen molar-refractivity contribution in [2.45, 2.75) is 26.8 Å². The van der Waals surface area contributed by atoms with Gasteiger partial charge in [-0.2, -0.15) is 5.10 Å². The molecular weight excluding hydrogens is 258 g/mol. The van der Waals surface area contributed by atoms with Crippen molar-refractivity contribution in [3.63, 3.8) is 0 Å². The molecule has 0 aliphatic heterocycles. The van der Waals surface area contributed by atoms with Crippen molar-refractivity contribution >= 4 is 17.2 Å². The number of amides is 1. The molecule has 0 spiro atoms. The van der Waals surface area contributed by atoms with E-state index in [9.17, 15) is 4.79 Å². The van der Waals surface area contributed by atoms with E-state index >= 15 is 0 Å². The van der Waals surface area contributed by atoms with Crippen LogP contribution in [0.2, 0.25) is 0 Å². The summed E-state index contributed by atoms with van der Waals surface area (Å²) < 4.78 is 1.85. The molecule has 102 valence electrons. The highest BCUT2D eigenvalue weighted by Gasteiger charge is 2.13. The number of carbonyl (C=O) groups excluding carboxylic acids is 1. The number of rotatable bonds is 6. The van der Waals surface area contributed by atoms with Crippen LogP contribution in [0.3, 0.4) is 0 Å². The SMILES string of the molecule is Cc1ccn(CCNC(=O)[C@H](C)Cc2cccs2)n1. The second-order valence-electron chi connectivity index (χ2n) is 4.70. The predicted molar refractivity (Wildman–Crippen MR) is 77.2 cm³/mol. The summed E-state index contributed by atoms with van der Waals surface area (Å²) in [5.74, 6) is 0.121. The zero-order chi connectivity index (χ0) is 13.7. The van der Waals surface area contributed by atoms with E-state index in [0.29, 0.717) is 13.1 Å². The van der Waals surface area contributed by atoms with Crippen LogP contribution in [0.15, 0.2) is 29.8 Å². The fraction of sp³-hybridized carbons (Fsp3) is 0.429. The third-order valence-corrected chi connectivity index (χ3v) is 3.85. The minimum atomic E-state index is 0.0120. The predicted octanol–water partition coefficient (Wildman–Crippen LogP) is 2.25. The van der Waals surface area contributed by atoms with E-state index in [0.717, 1.165) is 12.1 Å². The van der Waals surface area contributed by atoms with E-state index in [2.05, 4.69) is 16.5 Å². The quantitative estimate of drug-likeness (QED) is 0.880. The Balaban J connectivity index is 1.71. The monoisotopic (exact) mass is 277 g/mol. The molecule has 2 aromatic rings. The van der Waals surface area contributed by atoms with E-state index in [4.69, 9.17) is 0 Å². The maximum absolute atomic E-state index is 11.9. The molecule has 0 radical (unpaired) electrons. The topological polar surface area (TPSA) is 46.9 Å². The van der Waals surface area contributed by atoms with Crippen molar-refractivity contribution in [3.8, 4) is 0 Å². The lowest BCUT2D eigenvalue weighted by Crippen LogP contribution is -2.32. The lowest BCUT2D eigenvalue weighted by Gasteiger charge is -2.11. The van der Waals surface area contributed by atoms with Crippen LogP contribution in [0.4, 0.5) is 0 Å². The molecule has 4 nitrogen and oxygen atoms in total. The summed E-state index contributed by atoms with van der Waals surface area (Å²) in [5, 5.41) is 9.28. The molecule has 0 aliphatic rings. The summed E-state index contributed by atoms with van der Waals surface area (Å²) in [5.41, 5.74) is 0.998. The third-order valence-electron chi connectivity index (χ3n) is 2.95. The molecule has 2 heterocycles. The van der Waals surface area contributed by atoms with Crippen LogP contribution in [0, 0.1) is 12.8 Å². The number of thiophene rings is 1. The van der Waals surface area contributed by atoms with E-state index in [1.165, 1.54) is 4.88 Å². The first-order valence-corrected chi connectivity index (χ1v) is 7.33. The van der Waals surface area contributed by atoms with Gasteiger partial charge in [0.15, 0.2) is 0 Å². The number of carbonyl (C=O) groups is 1. The second kappa shape index (κ2) is 6.52. The van der Waals surface area contributed by atoms with Gasteiger partial charge >= 0.3 is 0 Å². The highest BCUT2D eigenvalue weighted by molar-refractivity contribution is 7.09. The van der Waals surface area contributed by atoms with Gasteiger partial charge in [-0.25, -0.2) is 0 Å². The normalized spacial score (nSPS) is 12.3. The van der Waals surface area contributed by atoms with Crippen LogP contribution < -0.4 is 5.32 Å². The molecule has 1 amide bonds. The number of hydrogen-bond acceptors (Lipinski definition) is 3. The smallest absolute Gasteiger partial charge is 0.223 e. The van der Waals surface area contributed by atoms with E-state index in [1.807, 2.05) is 42.2 Å². The average molecular weight is 277 g/mol. The van der Waals surface area contributed by atoms with Crippen LogP contribution in [0.5, 0.6) is 0 Å². The van der Waals surface area contributed by atoms with Gasteiger partial charge in [-0.05, 0) is 30.9 Å². The van der Waals surface area contributed by atoms with E-state index in [-0.39, 0.29) is 11.8 Å². The Morgan fingerprint density at radius 1 is 1.53 bits per heavy atom. The third kappa shape index (κ3) is 4.21. The standard InChI is InChI=1S/C14H19N3OS/c1-11(10-13-4-3-9-19-13)14(18)15-6-8-17-7-5-12(2)16-17/h3-5,7,9,11H,6,8,10H2,1-2H3,(H,15,18)/t11-/m1/s1. The van der Waals surface area contributed by atoms with Crippen LogP contribution in [-0.4, -0.2) is 22.2 Å². The van der Waals surface area contributed by atoms with Crippen molar-refractivity contribution < 1.29 is 4.79 Å². The number of nitrogens with zero attached hydrogens (tertiary/aromatic N) is 2. The van der Waals surface area contributed by atoms with Gasteiger partial charge in [0.25, 0.3) is 0 Å². The molecule has 0 unspecified atom stereocenters. The van der Waals surface area contributed by atoms with E-state index in [1.54, 1.807) is 11.3 Å². The van der Waals surface area contributed by atoms with Gasteiger partial charge in [-0.15, -0.1) is 11.3 Å². The van der Waals surface area contributed by atoms with Crippen LogP contribution in [0.1, 0.15) is 17.5 Å². The highest BCUT2D eigenvalue weighted by atomic mass is 32.1. The van der Waals surface area contributed by atoms with Crippen molar-refractivity contribution in [1.82, 2.24) is 15.1 Å². The summed E-state index contributed by atoms with van der Waals surface area (Å²) in [6, 6.07) is 6.05. The summed E-state index contributed by atoms with van der Waals surface area (Å²) >= 11 is 1.70. The number of aryl methyl sites for hydroxylation is 1. The molecule has 0 saturated carbocycles. The first-order valence-electron chi connectivity index (χ1n) is 6.45. The molecule has 0 fully saturated rings. The summed E-state index contributed by atoms with van der Waals surface area (Å²) in [6.07, 6.45) is 2.74. The number of aromatic nitrogens is 2. The number of hydrogen-bond donors (Lipinski definition) is 1. The molecule has 2 rings (SSSR count). The first-order chi connectivity index (χ1) is 9.15. The Morgan fingerprint density at radius 3 is 3.00 bits per heavy atom. The largest absolute Gasteiger partial charge is 0.354 e. The number of nitrogens with one attached hydrogen (secondary N) is 1. The summed E-state index contributed by atoms with van der Waals surface area (Å²) in [7, 11) is 0. The van der Waals surface area contributed by atoms with Crippen molar-refractivity contribution in [2.75, 3.05) is 6.54 Å². The Morgan fingerprint density at radius 2 is 2.37 bits per heavy atom. The first kappa shape index (κ1) is 13.8. The molecule has 5 heteroatoms. The van der Waals surface area contributed by atoms with E-state index < -0.39 is 0 Å². The maximum Gasteiger partial charge on any atom is 0.223 e. The minimum Gasteiger partial charge on any atom is -0.354 e. The Hall–Kier alpha value is -1.62.